The summed E-state index contributed by atoms with van der Waals surface area (Å²) in [5, 5.41) is 7.92. The fourth-order valence-electron chi connectivity index (χ4n) is 1.70. The van der Waals surface area contributed by atoms with Gasteiger partial charge < -0.3 is 32.8 Å². The first-order valence-corrected chi connectivity index (χ1v) is 8.62. The summed E-state index contributed by atoms with van der Waals surface area (Å²) < 4.78 is 36.9. The maximum Gasteiger partial charge on any atom is 0.281 e. The van der Waals surface area contributed by atoms with E-state index in [1.807, 2.05) is 6.07 Å². The summed E-state index contributed by atoms with van der Waals surface area (Å²) in [6, 6.07) is 5.44. The molecule has 0 bridgehead atoms. The summed E-state index contributed by atoms with van der Waals surface area (Å²) in [5.74, 6) is 1.05. The number of methoxy groups -OCH3 is 2. The van der Waals surface area contributed by atoms with Crippen molar-refractivity contribution in [2.24, 2.45) is 0 Å². The van der Waals surface area contributed by atoms with E-state index in [-0.39, 0.29) is 13.6 Å². The number of aromatic nitrogens is 2. The van der Waals surface area contributed by atoms with Gasteiger partial charge in [-0.2, -0.15) is 0 Å². The fourth-order valence-corrected chi connectivity index (χ4v) is 2.39. The minimum atomic E-state index is 0.0684. The zero-order chi connectivity index (χ0) is 18.5. The number of nitrogens with zero attached hydrogens (tertiary/aromatic N) is 2. The molecule has 0 radical (unpaired) electrons. The summed E-state index contributed by atoms with van der Waals surface area (Å²) >= 11 is 1.31. The number of rotatable bonds is 14. The Morgan fingerprint density at radius 2 is 1.62 bits per heavy atom. The zero-order valence-corrected chi connectivity index (χ0v) is 15.5. The Hall–Kier alpha value is -1.85. The van der Waals surface area contributed by atoms with E-state index < -0.39 is 0 Å². The van der Waals surface area contributed by atoms with Crippen molar-refractivity contribution >= 4 is 11.8 Å². The molecule has 0 aliphatic rings. The molecule has 9 nitrogen and oxygen atoms in total. The van der Waals surface area contributed by atoms with Gasteiger partial charge in [-0.1, -0.05) is 0 Å². The third-order valence-corrected chi connectivity index (χ3v) is 3.76. The van der Waals surface area contributed by atoms with E-state index in [2.05, 4.69) is 10.2 Å². The molecule has 0 aliphatic carbocycles. The maximum atomic E-state index is 5.66. The highest BCUT2D eigenvalue weighted by atomic mass is 32.2. The molecule has 0 spiro atoms. The first kappa shape index (κ1) is 20.5. The quantitative estimate of drug-likeness (QED) is 0.355. The van der Waals surface area contributed by atoms with Gasteiger partial charge in [0, 0.05) is 19.1 Å². The van der Waals surface area contributed by atoms with Crippen LogP contribution in [-0.2, 0) is 18.9 Å². The summed E-state index contributed by atoms with van der Waals surface area (Å²) in [6.45, 7) is 2.02. The van der Waals surface area contributed by atoms with Gasteiger partial charge in [0.15, 0.2) is 25.1 Å². The van der Waals surface area contributed by atoms with E-state index in [1.54, 1.807) is 26.4 Å². The van der Waals surface area contributed by atoms with Crippen molar-refractivity contribution in [1.29, 1.82) is 0 Å². The van der Waals surface area contributed by atoms with Gasteiger partial charge in [-0.25, -0.2) is 0 Å². The van der Waals surface area contributed by atoms with Gasteiger partial charge in [-0.3, -0.25) is 0 Å². The molecule has 1 aromatic carbocycles. The van der Waals surface area contributed by atoms with E-state index in [0.29, 0.717) is 43.1 Å². The van der Waals surface area contributed by atoms with Gasteiger partial charge in [-0.15, -0.1) is 10.2 Å². The lowest BCUT2D eigenvalue weighted by atomic mass is 10.3. The van der Waals surface area contributed by atoms with E-state index in [9.17, 15) is 0 Å². The fraction of sp³-hybridized carbons (Fsp3) is 0.500. The Balaban J connectivity index is 1.94. The van der Waals surface area contributed by atoms with Crippen LogP contribution in [0.1, 0.15) is 0 Å². The third kappa shape index (κ3) is 7.58. The van der Waals surface area contributed by atoms with Crippen LogP contribution >= 0.6 is 11.8 Å². The van der Waals surface area contributed by atoms with Crippen LogP contribution in [0.2, 0.25) is 0 Å². The Kier molecular flexibility index (Phi) is 9.83. The number of hydrogen-bond acceptors (Lipinski definition) is 10. The average Bonchev–Trinajstić information content (AvgIpc) is 3.16. The summed E-state index contributed by atoms with van der Waals surface area (Å²) in [7, 11) is 3.22. The van der Waals surface area contributed by atoms with Crippen LogP contribution in [-0.4, -0.2) is 64.4 Å². The lowest BCUT2D eigenvalue weighted by Gasteiger charge is -2.14. The molecule has 1 heterocycles. The van der Waals surface area contributed by atoms with Crippen LogP contribution in [0.4, 0.5) is 0 Å². The second-order valence-electron chi connectivity index (χ2n) is 4.74. The van der Waals surface area contributed by atoms with Crippen molar-refractivity contribution in [1.82, 2.24) is 10.2 Å². The van der Waals surface area contributed by atoms with Gasteiger partial charge >= 0.3 is 0 Å². The largest absolute Gasteiger partial charge is 0.464 e. The smallest absolute Gasteiger partial charge is 0.281 e. The molecule has 0 saturated carbocycles. The Labute approximate surface area is 155 Å². The molecule has 1 aromatic heterocycles. The minimum absolute atomic E-state index is 0.0684. The summed E-state index contributed by atoms with van der Waals surface area (Å²) in [6.07, 6.45) is 1.28. The highest BCUT2D eigenvalue weighted by molar-refractivity contribution is 7.99. The second kappa shape index (κ2) is 12.5. The van der Waals surface area contributed by atoms with Crippen molar-refractivity contribution in [3.05, 3.63) is 24.6 Å². The molecule has 0 aliphatic heterocycles. The molecule has 26 heavy (non-hydrogen) atoms. The molecule has 0 amide bonds. The van der Waals surface area contributed by atoms with Gasteiger partial charge in [0.25, 0.3) is 5.22 Å². The van der Waals surface area contributed by atoms with E-state index >= 15 is 0 Å². The normalized spacial score (nSPS) is 10.8. The third-order valence-electron chi connectivity index (χ3n) is 2.92. The van der Waals surface area contributed by atoms with Gasteiger partial charge in [0.05, 0.1) is 26.4 Å². The first-order chi connectivity index (χ1) is 12.8. The highest BCUT2D eigenvalue weighted by Gasteiger charge is 2.10. The predicted molar refractivity (Wildman–Crippen MR) is 91.5 cm³/mol. The van der Waals surface area contributed by atoms with Crippen molar-refractivity contribution in [2.45, 2.75) is 10.1 Å². The molecule has 0 saturated heterocycles. The number of ether oxygens (including phenoxy) is 6. The molecular weight excluding hydrogens is 364 g/mol. The lowest BCUT2D eigenvalue weighted by molar-refractivity contribution is -0.0208. The van der Waals surface area contributed by atoms with Crippen molar-refractivity contribution in [3.8, 4) is 11.5 Å². The minimum Gasteiger partial charge on any atom is -0.464 e. The average molecular weight is 386 g/mol. The molecule has 144 valence electrons. The number of benzene rings is 1. The Bertz CT molecular complexity index is 613. The topological polar surface area (TPSA) is 94.3 Å². The molecule has 0 atom stereocenters. The van der Waals surface area contributed by atoms with Crippen LogP contribution < -0.4 is 9.47 Å². The van der Waals surface area contributed by atoms with Crippen LogP contribution in [0, 0.1) is 0 Å². The van der Waals surface area contributed by atoms with Crippen LogP contribution in [0.25, 0.3) is 0 Å². The SMILES string of the molecule is COCCOCOc1ccc(Sc2nnco2)cc1OCOCCOC. The molecule has 0 N–H and O–H groups in total. The molecule has 10 heteroatoms. The zero-order valence-electron chi connectivity index (χ0n) is 14.7. The maximum absolute atomic E-state index is 5.66. The first-order valence-electron chi connectivity index (χ1n) is 7.80. The monoisotopic (exact) mass is 386 g/mol. The summed E-state index contributed by atoms with van der Waals surface area (Å²) in [5.41, 5.74) is 0. The standard InChI is InChI=1S/C16H22N2O7S/c1-19-5-7-21-11-24-14-4-3-13(26-16-18-17-10-23-16)9-15(14)25-12-22-8-6-20-2/h3-4,9-10H,5-8,11-12H2,1-2H3. The van der Waals surface area contributed by atoms with E-state index in [0.717, 1.165) is 4.90 Å². The Morgan fingerprint density at radius 1 is 0.923 bits per heavy atom. The lowest BCUT2D eigenvalue weighted by Crippen LogP contribution is -2.10. The van der Waals surface area contributed by atoms with E-state index in [4.69, 9.17) is 32.8 Å². The molecule has 2 rings (SSSR count). The van der Waals surface area contributed by atoms with Gasteiger partial charge in [0.2, 0.25) is 6.39 Å². The summed E-state index contributed by atoms with van der Waals surface area (Å²) in [4.78, 5) is 0.855. The number of hydrogen-bond donors (Lipinski definition) is 0. The van der Waals surface area contributed by atoms with Crippen LogP contribution in [0.5, 0.6) is 11.5 Å². The highest BCUT2D eigenvalue weighted by Crippen LogP contribution is 2.34. The molecule has 0 unspecified atom stereocenters. The Morgan fingerprint density at radius 3 is 2.23 bits per heavy atom. The molecular formula is C16H22N2O7S. The van der Waals surface area contributed by atoms with Gasteiger partial charge in [0.1, 0.15) is 0 Å². The molecule has 0 fully saturated rings. The van der Waals surface area contributed by atoms with Crippen molar-refractivity contribution in [2.75, 3.05) is 54.2 Å². The second-order valence-corrected chi connectivity index (χ2v) is 5.77. The predicted octanol–water partition coefficient (Wildman–Crippen LogP) is 2.22. The van der Waals surface area contributed by atoms with E-state index in [1.165, 1.54) is 18.2 Å². The van der Waals surface area contributed by atoms with Crippen LogP contribution in [0.15, 0.2) is 39.1 Å². The van der Waals surface area contributed by atoms with Crippen molar-refractivity contribution < 1.29 is 32.8 Å². The van der Waals surface area contributed by atoms with Crippen molar-refractivity contribution in [3.63, 3.8) is 0 Å². The molecule has 2 aromatic rings. The van der Waals surface area contributed by atoms with Crippen LogP contribution in [0.3, 0.4) is 0 Å². The van der Waals surface area contributed by atoms with Gasteiger partial charge in [-0.05, 0) is 30.0 Å².